The largest absolute Gasteiger partial charge is 0.394 e. The molecule has 0 radical (unpaired) electrons. The molecule has 0 saturated carbocycles. The molecule has 0 amide bonds. The SMILES string of the molecule is CN(C(C)(C)CO)S(=O)(=O)c1cccnc1. The second-order valence-corrected chi connectivity index (χ2v) is 6.10. The summed E-state index contributed by atoms with van der Waals surface area (Å²) in [6.45, 7) is 3.06. The summed E-state index contributed by atoms with van der Waals surface area (Å²) in [7, 11) is -2.15. The molecule has 1 aromatic heterocycles. The number of likely N-dealkylation sites (N-methyl/N-ethyl adjacent to an activating group) is 1. The first-order valence-corrected chi connectivity index (χ1v) is 6.26. The van der Waals surface area contributed by atoms with Crippen molar-refractivity contribution >= 4 is 10.0 Å². The zero-order chi connectivity index (χ0) is 12.4. The molecule has 0 unspecified atom stereocenters. The molecule has 1 N–H and O–H groups in total. The van der Waals surface area contributed by atoms with Crippen molar-refractivity contribution in [1.82, 2.24) is 9.29 Å². The van der Waals surface area contributed by atoms with Crippen LogP contribution in [0.15, 0.2) is 29.4 Å². The first-order chi connectivity index (χ1) is 7.32. The zero-order valence-electron chi connectivity index (χ0n) is 9.58. The summed E-state index contributed by atoms with van der Waals surface area (Å²) in [6, 6.07) is 3.04. The highest BCUT2D eigenvalue weighted by Crippen LogP contribution is 2.21. The Kier molecular flexibility index (Phi) is 3.67. The van der Waals surface area contributed by atoms with Crippen molar-refractivity contribution in [3.05, 3.63) is 24.5 Å². The van der Waals surface area contributed by atoms with Gasteiger partial charge in [-0.3, -0.25) is 4.98 Å². The highest BCUT2D eigenvalue weighted by molar-refractivity contribution is 7.89. The van der Waals surface area contributed by atoms with Gasteiger partial charge in [0.25, 0.3) is 0 Å². The van der Waals surface area contributed by atoms with Gasteiger partial charge in [0.05, 0.1) is 12.1 Å². The summed E-state index contributed by atoms with van der Waals surface area (Å²) in [5.74, 6) is 0. The fraction of sp³-hybridized carbons (Fsp3) is 0.500. The van der Waals surface area contributed by atoms with Crippen LogP contribution in [0.4, 0.5) is 0 Å². The number of hydrogen-bond donors (Lipinski definition) is 1. The first kappa shape index (κ1) is 13.1. The minimum absolute atomic E-state index is 0.124. The molecule has 0 aromatic carbocycles. The van der Waals surface area contributed by atoms with Gasteiger partial charge in [0.1, 0.15) is 4.90 Å². The predicted molar refractivity (Wildman–Crippen MR) is 60.4 cm³/mol. The summed E-state index contributed by atoms with van der Waals surface area (Å²) in [5.41, 5.74) is -0.839. The maximum absolute atomic E-state index is 12.1. The van der Waals surface area contributed by atoms with Gasteiger partial charge in [-0.1, -0.05) is 0 Å². The molecule has 6 heteroatoms. The van der Waals surface area contributed by atoms with Gasteiger partial charge in [-0.05, 0) is 26.0 Å². The van der Waals surface area contributed by atoms with Crippen LogP contribution >= 0.6 is 0 Å². The lowest BCUT2D eigenvalue weighted by Crippen LogP contribution is -2.47. The lowest BCUT2D eigenvalue weighted by Gasteiger charge is -2.32. The Balaban J connectivity index is 3.14. The molecular weight excluding hydrogens is 228 g/mol. The summed E-state index contributed by atoms with van der Waals surface area (Å²) < 4.78 is 25.4. The normalized spacial score (nSPS) is 13.1. The van der Waals surface area contributed by atoms with Gasteiger partial charge < -0.3 is 5.11 Å². The van der Waals surface area contributed by atoms with Crippen molar-refractivity contribution in [1.29, 1.82) is 0 Å². The maximum Gasteiger partial charge on any atom is 0.244 e. The third-order valence-electron chi connectivity index (χ3n) is 2.53. The zero-order valence-corrected chi connectivity index (χ0v) is 10.4. The Bertz CT molecular complexity index is 442. The summed E-state index contributed by atoms with van der Waals surface area (Å²) >= 11 is 0. The Hall–Kier alpha value is -0.980. The molecule has 0 aliphatic rings. The number of nitrogens with zero attached hydrogens (tertiary/aromatic N) is 2. The standard InChI is InChI=1S/C10H16N2O3S/c1-10(2,8-13)12(3)16(14,15)9-5-4-6-11-7-9/h4-7,13H,8H2,1-3H3. The average Bonchev–Trinajstić information content (AvgIpc) is 2.29. The number of pyridine rings is 1. The van der Waals surface area contributed by atoms with Gasteiger partial charge in [0.2, 0.25) is 10.0 Å². The van der Waals surface area contributed by atoms with E-state index in [1.165, 1.54) is 25.5 Å². The molecule has 5 nitrogen and oxygen atoms in total. The summed E-state index contributed by atoms with van der Waals surface area (Å²) in [4.78, 5) is 3.90. The fourth-order valence-electron chi connectivity index (χ4n) is 1.08. The Labute approximate surface area is 95.8 Å². The second-order valence-electron chi connectivity index (χ2n) is 4.13. The van der Waals surface area contributed by atoms with E-state index in [9.17, 15) is 8.42 Å². The van der Waals surface area contributed by atoms with Gasteiger partial charge in [-0.15, -0.1) is 0 Å². The lowest BCUT2D eigenvalue weighted by molar-refractivity contribution is 0.138. The molecule has 0 spiro atoms. The fourth-order valence-corrected chi connectivity index (χ4v) is 2.55. The number of aliphatic hydroxyl groups excluding tert-OH is 1. The van der Waals surface area contributed by atoms with Crippen LogP contribution in [-0.2, 0) is 10.0 Å². The molecule has 0 saturated heterocycles. The third kappa shape index (κ3) is 2.40. The van der Waals surface area contributed by atoms with E-state index in [0.29, 0.717) is 0 Å². The van der Waals surface area contributed by atoms with Crippen LogP contribution < -0.4 is 0 Å². The van der Waals surface area contributed by atoms with Gasteiger partial charge in [0, 0.05) is 19.4 Å². The number of aromatic nitrogens is 1. The van der Waals surface area contributed by atoms with E-state index in [1.54, 1.807) is 19.9 Å². The topological polar surface area (TPSA) is 70.5 Å². The van der Waals surface area contributed by atoms with Crippen molar-refractivity contribution in [2.45, 2.75) is 24.3 Å². The van der Waals surface area contributed by atoms with Crippen LogP contribution in [0.1, 0.15) is 13.8 Å². The van der Waals surface area contributed by atoms with E-state index < -0.39 is 15.6 Å². The van der Waals surface area contributed by atoms with Crippen LogP contribution in [0.2, 0.25) is 0 Å². The minimum atomic E-state index is -3.60. The average molecular weight is 244 g/mol. The van der Waals surface area contributed by atoms with Crippen LogP contribution in [0.25, 0.3) is 0 Å². The molecule has 1 rings (SSSR count). The minimum Gasteiger partial charge on any atom is -0.394 e. The second kappa shape index (κ2) is 4.48. The van der Waals surface area contributed by atoms with Crippen LogP contribution in [0.5, 0.6) is 0 Å². The van der Waals surface area contributed by atoms with Gasteiger partial charge in [-0.25, -0.2) is 8.42 Å². The highest BCUT2D eigenvalue weighted by atomic mass is 32.2. The number of sulfonamides is 1. The number of rotatable bonds is 4. The van der Waals surface area contributed by atoms with E-state index in [2.05, 4.69) is 4.98 Å². The molecule has 0 atom stereocenters. The predicted octanol–water partition coefficient (Wildman–Crippen LogP) is 0.473. The molecule has 0 aliphatic carbocycles. The van der Waals surface area contributed by atoms with Crippen molar-refractivity contribution in [2.24, 2.45) is 0 Å². The van der Waals surface area contributed by atoms with Crippen LogP contribution in [0, 0.1) is 0 Å². The molecule has 1 aromatic rings. The quantitative estimate of drug-likeness (QED) is 0.836. The van der Waals surface area contributed by atoms with Crippen molar-refractivity contribution < 1.29 is 13.5 Å². The molecule has 1 heterocycles. The Morgan fingerprint density at radius 2 is 2.12 bits per heavy atom. The monoisotopic (exact) mass is 244 g/mol. The third-order valence-corrected chi connectivity index (χ3v) is 4.58. The Morgan fingerprint density at radius 3 is 2.56 bits per heavy atom. The van der Waals surface area contributed by atoms with E-state index in [4.69, 9.17) is 5.11 Å². The molecule has 0 aliphatic heterocycles. The van der Waals surface area contributed by atoms with E-state index in [0.717, 1.165) is 4.31 Å². The van der Waals surface area contributed by atoms with Crippen LogP contribution in [0.3, 0.4) is 0 Å². The smallest absolute Gasteiger partial charge is 0.244 e. The molecule has 90 valence electrons. The van der Waals surface area contributed by atoms with E-state index >= 15 is 0 Å². The van der Waals surface area contributed by atoms with Gasteiger partial charge in [-0.2, -0.15) is 4.31 Å². The molecule has 0 fully saturated rings. The Morgan fingerprint density at radius 1 is 1.50 bits per heavy atom. The van der Waals surface area contributed by atoms with Crippen LogP contribution in [-0.4, -0.2) is 42.0 Å². The van der Waals surface area contributed by atoms with Gasteiger partial charge >= 0.3 is 0 Å². The van der Waals surface area contributed by atoms with Crippen molar-refractivity contribution in [2.75, 3.05) is 13.7 Å². The molecule has 16 heavy (non-hydrogen) atoms. The highest BCUT2D eigenvalue weighted by Gasteiger charge is 2.33. The van der Waals surface area contributed by atoms with E-state index in [-0.39, 0.29) is 11.5 Å². The summed E-state index contributed by atoms with van der Waals surface area (Å²) in [5, 5.41) is 9.15. The molecular formula is C10H16N2O3S. The van der Waals surface area contributed by atoms with E-state index in [1.807, 2.05) is 0 Å². The first-order valence-electron chi connectivity index (χ1n) is 4.82. The number of hydrogen-bond acceptors (Lipinski definition) is 4. The maximum atomic E-state index is 12.1. The summed E-state index contributed by atoms with van der Waals surface area (Å²) in [6.07, 6.45) is 2.80. The number of aliphatic hydroxyl groups is 1. The van der Waals surface area contributed by atoms with Crippen molar-refractivity contribution in [3.8, 4) is 0 Å². The van der Waals surface area contributed by atoms with Gasteiger partial charge in [0.15, 0.2) is 0 Å². The molecule has 0 bridgehead atoms. The van der Waals surface area contributed by atoms with Crippen molar-refractivity contribution in [3.63, 3.8) is 0 Å². The lowest BCUT2D eigenvalue weighted by atomic mass is 10.1.